The average Bonchev–Trinajstić information content (AvgIpc) is 3.48. The van der Waals surface area contributed by atoms with Crippen LogP contribution in [0.3, 0.4) is 0 Å². The molecule has 0 spiro atoms. The Balaban J connectivity index is 1.39. The van der Waals surface area contributed by atoms with Gasteiger partial charge in [0.15, 0.2) is 0 Å². The fraction of sp³-hybridized carbons (Fsp3) is 0.433. The molecular formula is C30H37N5O9. The van der Waals surface area contributed by atoms with Crippen molar-refractivity contribution in [1.29, 1.82) is 0 Å². The molecule has 6 atom stereocenters. The fourth-order valence-electron chi connectivity index (χ4n) is 5.01. The summed E-state index contributed by atoms with van der Waals surface area (Å²) in [5.41, 5.74) is 3.70. The third-order valence-electron chi connectivity index (χ3n) is 7.25. The monoisotopic (exact) mass is 611 g/mol. The van der Waals surface area contributed by atoms with Crippen molar-refractivity contribution in [3.8, 4) is 22.4 Å². The minimum Gasteiger partial charge on any atom is -0.477 e. The average molecular weight is 612 g/mol. The molecule has 0 aliphatic carbocycles. The summed E-state index contributed by atoms with van der Waals surface area (Å²) in [4.78, 5) is 35.4. The van der Waals surface area contributed by atoms with Crippen molar-refractivity contribution in [2.75, 3.05) is 13.2 Å². The first-order chi connectivity index (χ1) is 21.0. The first-order valence-electron chi connectivity index (χ1n) is 14.2. The predicted molar refractivity (Wildman–Crippen MR) is 156 cm³/mol. The molecule has 14 nitrogen and oxygen atoms in total. The number of aliphatic hydroxyl groups is 3. The number of carboxylic acids is 1. The lowest BCUT2D eigenvalue weighted by molar-refractivity contribution is -0.310. The lowest BCUT2D eigenvalue weighted by atomic mass is 9.88. The Morgan fingerprint density at radius 3 is 2.34 bits per heavy atom. The van der Waals surface area contributed by atoms with Gasteiger partial charge in [-0.3, -0.25) is 14.3 Å². The minimum absolute atomic E-state index is 0.137. The number of nitrogens with zero attached hydrogens (tertiary/aromatic N) is 3. The van der Waals surface area contributed by atoms with Crippen LogP contribution in [0, 0.1) is 0 Å². The molecule has 0 radical (unpaired) electrons. The highest BCUT2D eigenvalue weighted by atomic mass is 16.7. The zero-order chi connectivity index (χ0) is 31.9. The zero-order valence-electron chi connectivity index (χ0n) is 24.4. The van der Waals surface area contributed by atoms with E-state index >= 15 is 0 Å². The molecule has 236 valence electrons. The second kappa shape index (κ2) is 14.5. The van der Waals surface area contributed by atoms with Crippen LogP contribution in [0.1, 0.15) is 26.7 Å². The summed E-state index contributed by atoms with van der Waals surface area (Å²) in [6.45, 7) is 2.20. The van der Waals surface area contributed by atoms with E-state index in [0.29, 0.717) is 12.2 Å². The Kier molecular flexibility index (Phi) is 10.8. The highest BCUT2D eigenvalue weighted by molar-refractivity contribution is 5.76. The molecule has 3 aromatic rings. The maximum absolute atomic E-state index is 12.4. The molecule has 2 heterocycles. The summed E-state index contributed by atoms with van der Waals surface area (Å²) in [7, 11) is 0. The van der Waals surface area contributed by atoms with E-state index in [9.17, 15) is 34.8 Å². The number of ether oxygens (including phenoxy) is 2. The molecule has 2 amide bonds. The van der Waals surface area contributed by atoms with Crippen LogP contribution < -0.4 is 10.6 Å². The number of rotatable bonds is 13. The molecule has 0 bridgehead atoms. The van der Waals surface area contributed by atoms with E-state index in [1.165, 1.54) is 13.8 Å². The van der Waals surface area contributed by atoms with Gasteiger partial charge in [0.25, 0.3) is 5.79 Å². The summed E-state index contributed by atoms with van der Waals surface area (Å²) in [6, 6.07) is 16.6. The predicted octanol–water partition coefficient (Wildman–Crippen LogP) is 0.312. The normalized spacial score (nSPS) is 23.0. The highest BCUT2D eigenvalue weighted by Gasteiger charge is 2.55. The van der Waals surface area contributed by atoms with Gasteiger partial charge >= 0.3 is 5.97 Å². The number of hydrogen-bond donors (Lipinski definition) is 6. The summed E-state index contributed by atoms with van der Waals surface area (Å²) in [6.07, 6.45) is -5.02. The Labute approximate surface area is 253 Å². The van der Waals surface area contributed by atoms with E-state index in [1.54, 1.807) is 10.9 Å². The summed E-state index contributed by atoms with van der Waals surface area (Å²) in [5, 5.41) is 55.2. The highest BCUT2D eigenvalue weighted by Crippen LogP contribution is 2.34. The zero-order valence-corrected chi connectivity index (χ0v) is 24.4. The number of carboxylic acid groups (broad SMARTS) is 1. The van der Waals surface area contributed by atoms with Crippen LogP contribution in [0.4, 0.5) is 0 Å². The molecule has 0 saturated carbocycles. The number of aryl methyl sites for hydroxylation is 1. The van der Waals surface area contributed by atoms with Gasteiger partial charge in [-0.1, -0.05) is 59.8 Å². The largest absolute Gasteiger partial charge is 0.477 e. The Morgan fingerprint density at radius 2 is 1.70 bits per heavy atom. The Morgan fingerprint density at radius 1 is 1.05 bits per heavy atom. The minimum atomic E-state index is -2.39. The van der Waals surface area contributed by atoms with Crippen LogP contribution in [0.2, 0.25) is 0 Å². The van der Waals surface area contributed by atoms with Gasteiger partial charge in [0.05, 0.1) is 31.1 Å². The number of aliphatic carboxylic acids is 1. The van der Waals surface area contributed by atoms with Crippen LogP contribution in [0.25, 0.3) is 22.4 Å². The van der Waals surface area contributed by atoms with E-state index in [4.69, 9.17) is 9.47 Å². The molecule has 44 heavy (non-hydrogen) atoms. The summed E-state index contributed by atoms with van der Waals surface area (Å²) < 4.78 is 13.0. The van der Waals surface area contributed by atoms with E-state index in [1.807, 2.05) is 54.6 Å². The number of aliphatic hydroxyl groups excluding tert-OH is 3. The van der Waals surface area contributed by atoms with Crippen LogP contribution in [-0.2, 0) is 30.4 Å². The number of aromatic nitrogens is 3. The standard InChI is InChI=1S/C30H37N5O9/c1-18(36)31-16-25(39)27(40)28-26(32-19(2)37)24(38)15-30(44-28,29(41)42)43-14-6-13-35-17-23(33-34-35)22-11-9-21(10-12-22)20-7-4-3-5-8-20/h3-5,7-12,17,24-28,38-40H,6,13-16H2,1-2H3,(H,31,36)(H,32,37)(H,41,42)/t24-,25+,26+,27+,28+,30+/m0/s1. The Bertz CT molecular complexity index is 1420. The lowest BCUT2D eigenvalue weighted by Gasteiger charge is -2.46. The van der Waals surface area contributed by atoms with Crippen molar-refractivity contribution >= 4 is 17.8 Å². The number of benzene rings is 2. The number of amides is 2. The number of carbonyl (C=O) groups is 3. The van der Waals surface area contributed by atoms with Crippen molar-refractivity contribution in [2.24, 2.45) is 0 Å². The number of nitrogens with one attached hydrogen (secondary N) is 2. The van der Waals surface area contributed by atoms with Gasteiger partial charge in [0.1, 0.15) is 17.9 Å². The first kappa shape index (κ1) is 32.7. The van der Waals surface area contributed by atoms with Crippen molar-refractivity contribution in [1.82, 2.24) is 25.6 Å². The maximum atomic E-state index is 12.4. The molecule has 1 aliphatic rings. The topological polar surface area (TPSA) is 205 Å². The molecular weight excluding hydrogens is 574 g/mol. The third kappa shape index (κ3) is 8.03. The quantitative estimate of drug-likeness (QED) is 0.145. The maximum Gasteiger partial charge on any atom is 0.364 e. The van der Waals surface area contributed by atoms with Gasteiger partial charge < -0.3 is 40.5 Å². The molecule has 1 aromatic heterocycles. The molecule has 1 saturated heterocycles. The molecule has 14 heteroatoms. The molecule has 0 unspecified atom stereocenters. The van der Waals surface area contributed by atoms with Gasteiger partial charge in [-0.05, 0) is 17.5 Å². The van der Waals surface area contributed by atoms with E-state index in [-0.39, 0.29) is 19.6 Å². The molecule has 1 aliphatic heterocycles. The molecule has 4 rings (SSSR count). The second-order valence-corrected chi connectivity index (χ2v) is 10.6. The fourth-order valence-corrected chi connectivity index (χ4v) is 5.01. The van der Waals surface area contributed by atoms with Crippen LogP contribution in [0.5, 0.6) is 0 Å². The van der Waals surface area contributed by atoms with Gasteiger partial charge in [-0.25, -0.2) is 4.79 Å². The first-order valence-corrected chi connectivity index (χ1v) is 14.2. The number of hydrogen-bond acceptors (Lipinski definition) is 10. The van der Waals surface area contributed by atoms with Gasteiger partial charge in [0.2, 0.25) is 11.8 Å². The van der Waals surface area contributed by atoms with E-state index in [0.717, 1.165) is 16.7 Å². The van der Waals surface area contributed by atoms with Gasteiger partial charge in [-0.2, -0.15) is 0 Å². The van der Waals surface area contributed by atoms with E-state index in [2.05, 4.69) is 20.9 Å². The van der Waals surface area contributed by atoms with Crippen molar-refractivity contribution in [2.45, 2.75) is 69.5 Å². The molecule has 6 N–H and O–H groups in total. The SMILES string of the molecule is CC(=O)NC[C@@H](O)[C@@H](O)[C@@H]1O[C@@](OCCCn2cc(-c3ccc(-c4ccccc4)cc3)nn2)(C(=O)O)C[C@H](O)[C@H]1NC(C)=O. The molecule has 1 fully saturated rings. The van der Waals surface area contributed by atoms with E-state index < -0.39 is 60.4 Å². The van der Waals surface area contributed by atoms with Crippen molar-refractivity contribution in [3.63, 3.8) is 0 Å². The van der Waals surface area contributed by atoms with Crippen LogP contribution in [0.15, 0.2) is 60.8 Å². The second-order valence-electron chi connectivity index (χ2n) is 10.6. The molecule has 2 aromatic carbocycles. The number of carbonyl (C=O) groups excluding carboxylic acids is 2. The summed E-state index contributed by atoms with van der Waals surface area (Å²) in [5.74, 6) is -4.99. The third-order valence-corrected chi connectivity index (χ3v) is 7.25. The van der Waals surface area contributed by atoms with Crippen LogP contribution >= 0.6 is 0 Å². The van der Waals surface area contributed by atoms with Gasteiger partial charge in [0, 0.05) is 38.9 Å². The smallest absolute Gasteiger partial charge is 0.364 e. The Hall–Kier alpha value is -4.21. The van der Waals surface area contributed by atoms with Crippen molar-refractivity contribution < 1.29 is 44.3 Å². The van der Waals surface area contributed by atoms with Crippen molar-refractivity contribution in [3.05, 3.63) is 60.8 Å². The lowest BCUT2D eigenvalue weighted by Crippen LogP contribution is -2.68. The van der Waals surface area contributed by atoms with Crippen LogP contribution in [-0.4, -0.2) is 103 Å². The summed E-state index contributed by atoms with van der Waals surface area (Å²) >= 11 is 0. The van der Waals surface area contributed by atoms with Gasteiger partial charge in [-0.15, -0.1) is 5.10 Å².